The van der Waals surface area contributed by atoms with E-state index in [4.69, 9.17) is 22.0 Å². The topological polar surface area (TPSA) is 149 Å². The lowest BCUT2D eigenvalue weighted by atomic mass is 10.2. The van der Waals surface area contributed by atoms with Crippen molar-refractivity contribution in [2.75, 3.05) is 19.8 Å². The Balaban J connectivity index is 1.46. The van der Waals surface area contributed by atoms with Crippen LogP contribution in [0, 0.1) is 20.8 Å². The van der Waals surface area contributed by atoms with Gasteiger partial charge in [-0.1, -0.05) is 53.1 Å². The highest BCUT2D eigenvalue weighted by Crippen LogP contribution is 2.33. The Kier molecular flexibility index (Phi) is 10.1. The molecule has 0 radical (unpaired) electrons. The first kappa shape index (κ1) is 33.2. The monoisotopic (exact) mass is 654 g/mol. The maximum atomic E-state index is 12.8. The second-order valence-corrected chi connectivity index (χ2v) is 15.2. The average molecular weight is 655 g/mol. The van der Waals surface area contributed by atoms with Crippen LogP contribution < -0.4 is 0 Å². The number of aryl methyl sites for hydroxylation is 3. The fourth-order valence-corrected chi connectivity index (χ4v) is 6.94. The third kappa shape index (κ3) is 8.70. The minimum atomic E-state index is -4.18. The van der Waals surface area contributed by atoms with Gasteiger partial charge >= 0.3 is 0 Å². The first-order valence-corrected chi connectivity index (χ1v) is 17.6. The van der Waals surface area contributed by atoms with Gasteiger partial charge in [0, 0.05) is 6.42 Å². The van der Waals surface area contributed by atoms with E-state index in [0.717, 1.165) is 16.7 Å². The van der Waals surface area contributed by atoms with Gasteiger partial charge in [-0.2, -0.15) is 25.3 Å². The molecule has 1 aliphatic heterocycles. The molecule has 1 fully saturated rings. The average Bonchev–Trinajstić information content (AvgIpc) is 3.27. The lowest BCUT2D eigenvalue weighted by Crippen LogP contribution is -2.33. The molecule has 0 saturated carbocycles. The summed E-state index contributed by atoms with van der Waals surface area (Å²) in [7, 11) is -12.4. The highest BCUT2D eigenvalue weighted by Gasteiger charge is 2.46. The standard InChI is InChI=1S/C29H34O11S3/c1-21-5-11-24(12-6-21)41(30,31)36-18-17-29(4)39-27(19-37-42(32,33)25-13-7-22(2)8-14-25)28(40-29)20-38-43(34,35)26-15-9-23(3)10-16-26/h5-16,27-28H,17-20H2,1-4H3/t27-,28-/m1/s1. The molecule has 0 bridgehead atoms. The number of hydrogen-bond acceptors (Lipinski definition) is 11. The zero-order chi connectivity index (χ0) is 31.5. The third-order valence-electron chi connectivity index (χ3n) is 6.71. The summed E-state index contributed by atoms with van der Waals surface area (Å²) in [6, 6.07) is 18.3. The Bertz CT molecular complexity index is 1630. The smallest absolute Gasteiger partial charge is 0.297 e. The molecule has 0 aliphatic carbocycles. The van der Waals surface area contributed by atoms with Crippen LogP contribution >= 0.6 is 0 Å². The van der Waals surface area contributed by atoms with Gasteiger partial charge in [0.15, 0.2) is 5.79 Å². The Labute approximate surface area is 253 Å². The highest BCUT2D eigenvalue weighted by molar-refractivity contribution is 7.87. The van der Waals surface area contributed by atoms with Crippen LogP contribution in [-0.4, -0.2) is 63.1 Å². The molecule has 1 aliphatic rings. The van der Waals surface area contributed by atoms with Gasteiger partial charge in [0.05, 0.1) is 34.5 Å². The largest absolute Gasteiger partial charge is 0.342 e. The van der Waals surface area contributed by atoms with E-state index < -0.39 is 61.6 Å². The van der Waals surface area contributed by atoms with Crippen LogP contribution in [0.1, 0.15) is 30.0 Å². The highest BCUT2D eigenvalue weighted by atomic mass is 32.2. The maximum absolute atomic E-state index is 12.8. The van der Waals surface area contributed by atoms with Gasteiger partial charge in [-0.25, -0.2) is 0 Å². The zero-order valence-electron chi connectivity index (χ0n) is 24.1. The molecular formula is C29H34O11S3. The van der Waals surface area contributed by atoms with E-state index in [1.54, 1.807) is 36.4 Å². The Morgan fingerprint density at radius 3 is 1.19 bits per heavy atom. The van der Waals surface area contributed by atoms with E-state index in [-0.39, 0.29) is 27.7 Å². The van der Waals surface area contributed by atoms with Crippen LogP contribution in [0.3, 0.4) is 0 Å². The summed E-state index contributed by atoms with van der Waals surface area (Å²) in [6.45, 7) is 5.58. The van der Waals surface area contributed by atoms with Crippen molar-refractivity contribution in [2.45, 2.75) is 66.8 Å². The molecule has 14 heteroatoms. The summed E-state index contributed by atoms with van der Waals surface area (Å²) in [5.74, 6) is -1.48. The molecular weight excluding hydrogens is 621 g/mol. The van der Waals surface area contributed by atoms with Crippen LogP contribution in [0.2, 0.25) is 0 Å². The van der Waals surface area contributed by atoms with Crippen LogP contribution in [0.4, 0.5) is 0 Å². The summed E-state index contributed by atoms with van der Waals surface area (Å²) < 4.78 is 104. The Hall–Kier alpha value is -2.69. The molecule has 3 aromatic rings. The SMILES string of the molecule is Cc1ccc(S(=O)(=O)OCCC2(C)O[C@H](COS(=O)(=O)c3ccc(C)cc3)[C@@H](COS(=O)(=O)c3ccc(C)cc3)O2)cc1. The molecule has 0 spiro atoms. The van der Waals surface area contributed by atoms with Crippen molar-refractivity contribution >= 4 is 30.4 Å². The molecule has 0 aromatic heterocycles. The normalized spacial score (nSPS) is 19.0. The number of hydrogen-bond donors (Lipinski definition) is 0. The van der Waals surface area contributed by atoms with Gasteiger partial charge in [0.1, 0.15) is 12.2 Å². The van der Waals surface area contributed by atoms with E-state index in [0.29, 0.717) is 0 Å². The lowest BCUT2D eigenvalue weighted by molar-refractivity contribution is -0.172. The number of ether oxygens (including phenoxy) is 2. The first-order chi connectivity index (χ1) is 20.1. The molecule has 2 atom stereocenters. The summed E-state index contributed by atoms with van der Waals surface area (Å²) in [5.41, 5.74) is 2.61. The van der Waals surface area contributed by atoms with E-state index in [1.165, 1.54) is 43.3 Å². The van der Waals surface area contributed by atoms with Crippen molar-refractivity contribution in [1.29, 1.82) is 0 Å². The Morgan fingerprint density at radius 1 is 0.558 bits per heavy atom. The van der Waals surface area contributed by atoms with Crippen molar-refractivity contribution in [3.05, 3.63) is 89.5 Å². The van der Waals surface area contributed by atoms with Crippen molar-refractivity contribution in [3.63, 3.8) is 0 Å². The Morgan fingerprint density at radius 2 is 0.860 bits per heavy atom. The molecule has 43 heavy (non-hydrogen) atoms. The van der Waals surface area contributed by atoms with E-state index in [9.17, 15) is 25.3 Å². The predicted molar refractivity (Wildman–Crippen MR) is 156 cm³/mol. The second kappa shape index (κ2) is 13.1. The van der Waals surface area contributed by atoms with Gasteiger partial charge in [-0.05, 0) is 64.1 Å². The van der Waals surface area contributed by atoms with Gasteiger partial charge < -0.3 is 9.47 Å². The molecule has 0 unspecified atom stereocenters. The zero-order valence-corrected chi connectivity index (χ0v) is 26.6. The summed E-state index contributed by atoms with van der Waals surface area (Å²) in [6.07, 6.45) is -2.28. The van der Waals surface area contributed by atoms with Gasteiger partial charge in [-0.15, -0.1) is 0 Å². The van der Waals surface area contributed by atoms with Crippen LogP contribution in [0.25, 0.3) is 0 Å². The lowest BCUT2D eigenvalue weighted by Gasteiger charge is -2.23. The van der Waals surface area contributed by atoms with E-state index >= 15 is 0 Å². The molecule has 0 N–H and O–H groups in total. The number of benzene rings is 3. The maximum Gasteiger partial charge on any atom is 0.297 e. The summed E-state index contributed by atoms with van der Waals surface area (Å²) in [5, 5.41) is 0. The fourth-order valence-electron chi connectivity index (χ4n) is 4.19. The van der Waals surface area contributed by atoms with Crippen molar-refractivity contribution in [3.8, 4) is 0 Å². The summed E-state index contributed by atoms with van der Waals surface area (Å²) in [4.78, 5) is -0.148. The minimum absolute atomic E-state index is 0.0170. The molecule has 1 heterocycles. The molecule has 0 amide bonds. The van der Waals surface area contributed by atoms with Crippen molar-refractivity contribution in [1.82, 2.24) is 0 Å². The second-order valence-electron chi connectivity index (χ2n) is 10.4. The van der Waals surface area contributed by atoms with Crippen molar-refractivity contribution < 1.29 is 47.3 Å². The fraction of sp³-hybridized carbons (Fsp3) is 0.379. The van der Waals surface area contributed by atoms with Crippen molar-refractivity contribution in [2.24, 2.45) is 0 Å². The molecule has 4 rings (SSSR count). The first-order valence-electron chi connectivity index (χ1n) is 13.3. The van der Waals surface area contributed by atoms with Gasteiger partial charge in [-0.3, -0.25) is 12.5 Å². The van der Waals surface area contributed by atoms with Crippen LogP contribution in [0.15, 0.2) is 87.5 Å². The van der Waals surface area contributed by atoms with E-state index in [1.807, 2.05) is 20.8 Å². The number of rotatable bonds is 13. The van der Waals surface area contributed by atoms with E-state index in [2.05, 4.69) is 0 Å². The van der Waals surface area contributed by atoms with Gasteiger partial charge in [0.25, 0.3) is 30.4 Å². The molecule has 234 valence electrons. The molecule has 3 aromatic carbocycles. The van der Waals surface area contributed by atoms with Gasteiger partial charge in [0.2, 0.25) is 0 Å². The van der Waals surface area contributed by atoms with Crippen LogP contribution in [0.5, 0.6) is 0 Å². The minimum Gasteiger partial charge on any atom is -0.342 e. The third-order valence-corrected chi connectivity index (χ3v) is 10.6. The van der Waals surface area contributed by atoms with Crippen LogP contribution in [-0.2, 0) is 52.4 Å². The molecule has 11 nitrogen and oxygen atoms in total. The predicted octanol–water partition coefficient (Wildman–Crippen LogP) is 4.02. The molecule has 1 saturated heterocycles. The quantitative estimate of drug-likeness (QED) is 0.246. The summed E-state index contributed by atoms with van der Waals surface area (Å²) >= 11 is 0.